The summed E-state index contributed by atoms with van der Waals surface area (Å²) in [5, 5.41) is 5.45. The lowest BCUT2D eigenvalue weighted by Crippen LogP contribution is -2.36. The molecule has 7 nitrogen and oxygen atoms in total. The number of hydrogen-bond acceptors (Lipinski definition) is 5. The average Bonchev–Trinajstić information content (AvgIpc) is 2.69. The first-order valence-corrected chi connectivity index (χ1v) is 8.91. The Hall–Kier alpha value is -3.22. The van der Waals surface area contributed by atoms with Crippen LogP contribution < -0.4 is 24.8 Å². The molecule has 2 N–H and O–H groups in total. The summed E-state index contributed by atoms with van der Waals surface area (Å²) in [4.78, 5) is 24.1. The van der Waals surface area contributed by atoms with Crippen LogP contribution in [0.4, 0.5) is 0 Å². The highest BCUT2D eigenvalue weighted by Gasteiger charge is 2.10. The summed E-state index contributed by atoms with van der Waals surface area (Å²) < 4.78 is 15.8. The van der Waals surface area contributed by atoms with Crippen molar-refractivity contribution >= 4 is 11.8 Å². The smallest absolute Gasteiger partial charge is 0.258 e. The van der Waals surface area contributed by atoms with Crippen LogP contribution in [0.15, 0.2) is 36.4 Å². The zero-order chi connectivity index (χ0) is 20.5. The predicted octanol–water partition coefficient (Wildman–Crippen LogP) is 2.25. The number of methoxy groups -OCH3 is 2. The van der Waals surface area contributed by atoms with Crippen molar-refractivity contribution in [3.63, 3.8) is 0 Å². The van der Waals surface area contributed by atoms with Gasteiger partial charge in [0.15, 0.2) is 6.61 Å². The molecular weight excluding hydrogens is 360 g/mol. The fourth-order valence-corrected chi connectivity index (χ4v) is 2.57. The second-order valence-corrected chi connectivity index (χ2v) is 6.26. The first-order chi connectivity index (χ1) is 13.4. The fraction of sp³-hybridized carbons (Fsp3) is 0.333. The minimum Gasteiger partial charge on any atom is -0.497 e. The molecule has 0 spiro atoms. The van der Waals surface area contributed by atoms with E-state index in [4.69, 9.17) is 14.2 Å². The zero-order valence-electron chi connectivity index (χ0n) is 16.6. The molecule has 0 bridgehead atoms. The van der Waals surface area contributed by atoms with E-state index in [0.29, 0.717) is 29.4 Å². The van der Waals surface area contributed by atoms with E-state index in [1.165, 1.54) is 14.2 Å². The average molecular weight is 386 g/mol. The maximum atomic E-state index is 12.2. The van der Waals surface area contributed by atoms with Crippen LogP contribution in [0.2, 0.25) is 0 Å². The quantitative estimate of drug-likeness (QED) is 0.646. The van der Waals surface area contributed by atoms with Crippen molar-refractivity contribution in [2.45, 2.75) is 13.8 Å². The Balaban J connectivity index is 1.74. The highest BCUT2D eigenvalue weighted by atomic mass is 16.5. The maximum absolute atomic E-state index is 12.2. The van der Waals surface area contributed by atoms with Crippen LogP contribution in [0.5, 0.6) is 17.2 Å². The molecule has 0 heterocycles. The second kappa shape index (κ2) is 10.2. The molecule has 0 radical (unpaired) electrons. The van der Waals surface area contributed by atoms with Crippen LogP contribution in [0.3, 0.4) is 0 Å². The van der Waals surface area contributed by atoms with E-state index >= 15 is 0 Å². The molecule has 7 heteroatoms. The van der Waals surface area contributed by atoms with Gasteiger partial charge in [0, 0.05) is 24.7 Å². The topological polar surface area (TPSA) is 85.9 Å². The van der Waals surface area contributed by atoms with Crippen molar-refractivity contribution < 1.29 is 23.8 Å². The van der Waals surface area contributed by atoms with E-state index in [9.17, 15) is 9.59 Å². The number of rotatable bonds is 9. The molecule has 0 atom stereocenters. The van der Waals surface area contributed by atoms with Crippen LogP contribution in [0, 0.1) is 13.8 Å². The molecule has 0 aliphatic rings. The van der Waals surface area contributed by atoms with Crippen molar-refractivity contribution in [2.24, 2.45) is 0 Å². The lowest BCUT2D eigenvalue weighted by Gasteiger charge is -2.11. The number of hydrogen-bond donors (Lipinski definition) is 2. The number of amides is 2. The van der Waals surface area contributed by atoms with E-state index in [1.54, 1.807) is 18.2 Å². The van der Waals surface area contributed by atoms with Gasteiger partial charge in [-0.15, -0.1) is 0 Å². The summed E-state index contributed by atoms with van der Waals surface area (Å²) in [5.74, 6) is 1.21. The Labute approximate surface area is 165 Å². The van der Waals surface area contributed by atoms with Crippen LogP contribution in [0.25, 0.3) is 0 Å². The molecule has 150 valence electrons. The van der Waals surface area contributed by atoms with Crippen LogP contribution in [-0.2, 0) is 4.79 Å². The van der Waals surface area contributed by atoms with Crippen LogP contribution in [0.1, 0.15) is 21.5 Å². The molecule has 0 saturated carbocycles. The van der Waals surface area contributed by atoms with E-state index in [-0.39, 0.29) is 25.0 Å². The Morgan fingerprint density at radius 2 is 1.54 bits per heavy atom. The van der Waals surface area contributed by atoms with Gasteiger partial charge in [-0.3, -0.25) is 9.59 Å². The number of benzene rings is 2. The Morgan fingerprint density at radius 3 is 2.14 bits per heavy atom. The van der Waals surface area contributed by atoms with Gasteiger partial charge >= 0.3 is 0 Å². The lowest BCUT2D eigenvalue weighted by atomic mass is 10.1. The highest BCUT2D eigenvalue weighted by molar-refractivity contribution is 5.95. The normalized spacial score (nSPS) is 10.1. The van der Waals surface area contributed by atoms with Gasteiger partial charge in [0.1, 0.15) is 17.2 Å². The standard InChI is InChI=1S/C21H26N2O5/c1-14-5-6-19(15(2)9-14)28-13-20(24)22-7-8-23-21(25)16-10-17(26-3)12-18(11-16)27-4/h5-6,9-12H,7-8,13H2,1-4H3,(H,22,24)(H,23,25). The number of carbonyl (C=O) groups excluding carboxylic acids is 2. The monoisotopic (exact) mass is 386 g/mol. The molecule has 0 saturated heterocycles. The summed E-state index contributed by atoms with van der Waals surface area (Å²) in [6, 6.07) is 10.7. The highest BCUT2D eigenvalue weighted by Crippen LogP contribution is 2.22. The molecule has 2 rings (SSSR count). The van der Waals surface area contributed by atoms with Crippen molar-refractivity contribution in [2.75, 3.05) is 33.9 Å². The summed E-state index contributed by atoms with van der Waals surface area (Å²) in [6.45, 7) is 4.43. The largest absolute Gasteiger partial charge is 0.497 e. The molecule has 2 amide bonds. The molecule has 2 aromatic rings. The number of nitrogens with one attached hydrogen (secondary N) is 2. The fourth-order valence-electron chi connectivity index (χ4n) is 2.57. The SMILES string of the molecule is COc1cc(OC)cc(C(=O)NCCNC(=O)COc2ccc(C)cc2C)c1. The molecule has 0 aliphatic heterocycles. The van der Waals surface area contributed by atoms with Gasteiger partial charge in [0.05, 0.1) is 14.2 Å². The minimum absolute atomic E-state index is 0.0784. The summed E-state index contributed by atoms with van der Waals surface area (Å²) in [6.07, 6.45) is 0. The van der Waals surface area contributed by atoms with E-state index < -0.39 is 0 Å². The molecule has 0 unspecified atom stereocenters. The van der Waals surface area contributed by atoms with Gasteiger partial charge in [-0.2, -0.15) is 0 Å². The van der Waals surface area contributed by atoms with Gasteiger partial charge in [-0.25, -0.2) is 0 Å². The van der Waals surface area contributed by atoms with Crippen molar-refractivity contribution in [1.29, 1.82) is 0 Å². The minimum atomic E-state index is -0.280. The summed E-state index contributed by atoms with van der Waals surface area (Å²) in [5.41, 5.74) is 2.54. The number of carbonyl (C=O) groups is 2. The van der Waals surface area contributed by atoms with Crippen molar-refractivity contribution in [3.05, 3.63) is 53.1 Å². The van der Waals surface area contributed by atoms with Gasteiger partial charge in [-0.05, 0) is 37.6 Å². The molecule has 0 aromatic heterocycles. The van der Waals surface area contributed by atoms with E-state index in [0.717, 1.165) is 11.1 Å². The van der Waals surface area contributed by atoms with E-state index in [2.05, 4.69) is 10.6 Å². The van der Waals surface area contributed by atoms with Gasteiger partial charge in [0.25, 0.3) is 11.8 Å². The third kappa shape index (κ3) is 6.19. The van der Waals surface area contributed by atoms with Crippen LogP contribution >= 0.6 is 0 Å². The van der Waals surface area contributed by atoms with E-state index in [1.807, 2.05) is 32.0 Å². The first-order valence-electron chi connectivity index (χ1n) is 8.91. The molecule has 28 heavy (non-hydrogen) atoms. The third-order valence-electron chi connectivity index (χ3n) is 4.04. The molecule has 0 fully saturated rings. The number of ether oxygens (including phenoxy) is 3. The van der Waals surface area contributed by atoms with Crippen molar-refractivity contribution in [3.8, 4) is 17.2 Å². The molecule has 0 aliphatic carbocycles. The summed E-state index contributed by atoms with van der Waals surface area (Å²) >= 11 is 0. The van der Waals surface area contributed by atoms with Gasteiger partial charge in [-0.1, -0.05) is 17.7 Å². The second-order valence-electron chi connectivity index (χ2n) is 6.26. The predicted molar refractivity (Wildman–Crippen MR) is 106 cm³/mol. The molecule has 2 aromatic carbocycles. The first kappa shape index (κ1) is 21.1. The zero-order valence-corrected chi connectivity index (χ0v) is 16.6. The van der Waals surface area contributed by atoms with Crippen LogP contribution in [-0.4, -0.2) is 45.7 Å². The number of aryl methyl sites for hydroxylation is 2. The van der Waals surface area contributed by atoms with Gasteiger partial charge < -0.3 is 24.8 Å². The Morgan fingerprint density at radius 1 is 0.893 bits per heavy atom. The van der Waals surface area contributed by atoms with Gasteiger partial charge in [0.2, 0.25) is 0 Å². The van der Waals surface area contributed by atoms with Crippen molar-refractivity contribution in [1.82, 2.24) is 10.6 Å². The summed E-state index contributed by atoms with van der Waals surface area (Å²) in [7, 11) is 3.04. The maximum Gasteiger partial charge on any atom is 0.258 e. The third-order valence-corrected chi connectivity index (χ3v) is 4.04. The lowest BCUT2D eigenvalue weighted by molar-refractivity contribution is -0.123. The molecular formula is C21H26N2O5. The Kier molecular flexibility index (Phi) is 7.68. The Bertz CT molecular complexity index is 813.